The van der Waals surface area contributed by atoms with E-state index in [1.165, 1.54) is 5.52 Å². The lowest BCUT2D eigenvalue weighted by Crippen LogP contribution is -2.24. The number of benzene rings is 3. The number of amides is 1. The van der Waals surface area contributed by atoms with Crippen molar-refractivity contribution < 1.29 is 9.53 Å². The zero-order valence-electron chi connectivity index (χ0n) is 20.9. The first-order valence-electron chi connectivity index (χ1n) is 12.8. The molecule has 5 nitrogen and oxygen atoms in total. The Morgan fingerprint density at radius 2 is 1.75 bits per heavy atom. The van der Waals surface area contributed by atoms with Crippen LogP contribution in [0.4, 0.5) is 0 Å². The number of hydrogen-bond donors (Lipinski definition) is 1. The minimum Gasteiger partial charge on any atom is -0.494 e. The van der Waals surface area contributed by atoms with Gasteiger partial charge in [0.15, 0.2) is 0 Å². The molecule has 36 heavy (non-hydrogen) atoms. The van der Waals surface area contributed by atoms with Gasteiger partial charge in [-0.1, -0.05) is 48.4 Å². The van der Waals surface area contributed by atoms with Crippen molar-refractivity contribution in [1.29, 1.82) is 0 Å². The van der Waals surface area contributed by atoms with Crippen LogP contribution in [0.2, 0.25) is 5.02 Å². The van der Waals surface area contributed by atoms with Crippen molar-refractivity contribution >= 4 is 28.5 Å². The largest absolute Gasteiger partial charge is 0.494 e. The summed E-state index contributed by atoms with van der Waals surface area (Å²) in [4.78, 5) is 17.1. The van der Waals surface area contributed by atoms with E-state index < -0.39 is 0 Å². The number of para-hydroxylation sites is 2. The van der Waals surface area contributed by atoms with Gasteiger partial charge in [-0.15, -0.1) is 0 Å². The molecular weight excluding hydrogens is 470 g/mol. The summed E-state index contributed by atoms with van der Waals surface area (Å²) < 4.78 is 8.27. The van der Waals surface area contributed by atoms with Crippen LogP contribution >= 0.6 is 11.6 Å². The molecule has 0 atom stereocenters. The molecule has 0 radical (unpaired) electrons. The van der Waals surface area contributed by atoms with Gasteiger partial charge in [0.2, 0.25) is 0 Å². The molecule has 0 aliphatic carbocycles. The van der Waals surface area contributed by atoms with Crippen molar-refractivity contribution in [2.75, 3.05) is 13.2 Å². The first-order chi connectivity index (χ1) is 17.6. The van der Waals surface area contributed by atoms with Crippen molar-refractivity contribution in [3.05, 3.63) is 94.8 Å². The number of nitrogens with one attached hydrogen (secondary N) is 1. The number of unbranched alkanes of at least 4 members (excludes halogenated alkanes) is 3. The molecule has 1 heterocycles. The summed E-state index contributed by atoms with van der Waals surface area (Å²) in [5, 5.41) is 3.77. The minimum atomic E-state index is -0.00688. The molecule has 4 aromatic rings. The number of imidazole rings is 1. The number of aryl methyl sites for hydroxylation is 3. The molecule has 4 rings (SSSR count). The van der Waals surface area contributed by atoms with Crippen molar-refractivity contribution in [2.45, 2.75) is 52.0 Å². The Labute approximate surface area is 218 Å². The Bertz CT molecular complexity index is 1270. The standard InChI is InChI=1S/C30H34ClN3O2/c1-23-22-25(17-18-26(23)31)36-21-11-10-20-34-28-15-8-7-14-27(28)33-29(34)16-6-3-9-19-32-30(35)24-12-4-2-5-13-24/h2,4-5,7-8,12-15,17-18,22H,3,6,9-11,16,19-21H2,1H3,(H,32,35). The summed E-state index contributed by atoms with van der Waals surface area (Å²) in [6.07, 6.45) is 5.97. The Morgan fingerprint density at radius 1 is 0.944 bits per heavy atom. The average molecular weight is 504 g/mol. The van der Waals surface area contributed by atoms with Gasteiger partial charge in [0.1, 0.15) is 11.6 Å². The van der Waals surface area contributed by atoms with Gasteiger partial charge in [-0.2, -0.15) is 0 Å². The Kier molecular flexibility index (Phi) is 9.40. The van der Waals surface area contributed by atoms with E-state index in [-0.39, 0.29) is 5.91 Å². The fourth-order valence-electron chi connectivity index (χ4n) is 4.31. The molecule has 6 heteroatoms. The number of carbonyl (C=O) groups is 1. The molecule has 0 spiro atoms. The zero-order valence-corrected chi connectivity index (χ0v) is 21.6. The van der Waals surface area contributed by atoms with Gasteiger partial charge in [0, 0.05) is 30.1 Å². The predicted octanol–water partition coefficient (Wildman–Crippen LogP) is 7.00. The summed E-state index contributed by atoms with van der Waals surface area (Å²) in [5.41, 5.74) is 3.98. The van der Waals surface area contributed by atoms with E-state index in [0.29, 0.717) is 18.7 Å². The summed E-state index contributed by atoms with van der Waals surface area (Å²) in [6, 6.07) is 23.5. The topological polar surface area (TPSA) is 56.1 Å². The van der Waals surface area contributed by atoms with Gasteiger partial charge in [-0.05, 0) is 80.6 Å². The molecule has 0 fully saturated rings. The lowest BCUT2D eigenvalue weighted by Gasteiger charge is -2.11. The maximum atomic E-state index is 12.2. The highest BCUT2D eigenvalue weighted by Gasteiger charge is 2.10. The maximum absolute atomic E-state index is 12.2. The summed E-state index contributed by atoms with van der Waals surface area (Å²) in [6.45, 7) is 4.28. The number of nitrogens with zero attached hydrogens (tertiary/aromatic N) is 2. The van der Waals surface area contributed by atoms with Gasteiger partial charge < -0.3 is 14.6 Å². The quantitative estimate of drug-likeness (QED) is 0.200. The van der Waals surface area contributed by atoms with Gasteiger partial charge in [-0.25, -0.2) is 4.98 Å². The number of rotatable bonds is 13. The third-order valence-corrected chi connectivity index (χ3v) is 6.73. The molecule has 0 saturated carbocycles. The van der Waals surface area contributed by atoms with Crippen LogP contribution in [0.1, 0.15) is 53.8 Å². The Balaban J connectivity index is 1.22. The summed E-state index contributed by atoms with van der Waals surface area (Å²) in [7, 11) is 0. The first kappa shape index (κ1) is 25.8. The smallest absolute Gasteiger partial charge is 0.251 e. The van der Waals surface area contributed by atoms with E-state index in [2.05, 4.69) is 28.1 Å². The van der Waals surface area contributed by atoms with Gasteiger partial charge in [0.05, 0.1) is 17.6 Å². The number of fused-ring (bicyclic) bond motifs is 1. The third kappa shape index (κ3) is 7.11. The van der Waals surface area contributed by atoms with Crippen LogP contribution in [0.3, 0.4) is 0 Å². The number of ether oxygens (including phenoxy) is 1. The minimum absolute atomic E-state index is 0.00688. The number of aromatic nitrogens is 2. The molecule has 1 N–H and O–H groups in total. The molecular formula is C30H34ClN3O2. The second-order valence-electron chi connectivity index (χ2n) is 9.07. The van der Waals surface area contributed by atoms with Crippen LogP contribution in [-0.4, -0.2) is 28.6 Å². The van der Waals surface area contributed by atoms with E-state index in [9.17, 15) is 4.79 Å². The number of halogens is 1. The SMILES string of the molecule is Cc1cc(OCCCCn2c(CCCCCNC(=O)c3ccccc3)nc3ccccc32)ccc1Cl. The zero-order chi connectivity index (χ0) is 25.2. The molecule has 0 saturated heterocycles. The van der Waals surface area contributed by atoms with Crippen LogP contribution in [0.5, 0.6) is 5.75 Å². The normalized spacial score (nSPS) is 11.1. The molecule has 0 aliphatic heterocycles. The van der Waals surface area contributed by atoms with E-state index in [1.54, 1.807) is 0 Å². The average Bonchev–Trinajstić information content (AvgIpc) is 3.25. The number of hydrogen-bond acceptors (Lipinski definition) is 3. The van der Waals surface area contributed by atoms with Crippen molar-refractivity contribution in [3.63, 3.8) is 0 Å². The molecule has 188 valence electrons. The van der Waals surface area contributed by atoms with Crippen LogP contribution in [0.25, 0.3) is 11.0 Å². The maximum Gasteiger partial charge on any atom is 0.251 e. The van der Waals surface area contributed by atoms with Gasteiger partial charge >= 0.3 is 0 Å². The highest BCUT2D eigenvalue weighted by molar-refractivity contribution is 6.31. The Morgan fingerprint density at radius 3 is 2.58 bits per heavy atom. The van der Waals surface area contributed by atoms with Crippen LogP contribution in [0.15, 0.2) is 72.8 Å². The predicted molar refractivity (Wildman–Crippen MR) is 147 cm³/mol. The fraction of sp³-hybridized carbons (Fsp3) is 0.333. The van der Waals surface area contributed by atoms with Gasteiger partial charge in [0.25, 0.3) is 5.91 Å². The monoisotopic (exact) mass is 503 g/mol. The summed E-state index contributed by atoms with van der Waals surface area (Å²) in [5.74, 6) is 2.00. The van der Waals surface area contributed by atoms with E-state index >= 15 is 0 Å². The van der Waals surface area contributed by atoms with Crippen LogP contribution in [-0.2, 0) is 13.0 Å². The molecule has 0 unspecified atom stereocenters. The fourth-order valence-corrected chi connectivity index (χ4v) is 4.43. The van der Waals surface area contributed by atoms with Gasteiger partial charge in [-0.3, -0.25) is 4.79 Å². The van der Waals surface area contributed by atoms with E-state index in [4.69, 9.17) is 21.3 Å². The Hall–Kier alpha value is -3.31. The molecule has 1 aromatic heterocycles. The third-order valence-electron chi connectivity index (χ3n) is 6.31. The lowest BCUT2D eigenvalue weighted by atomic mass is 10.1. The van der Waals surface area contributed by atoms with Crippen LogP contribution < -0.4 is 10.1 Å². The van der Waals surface area contributed by atoms with Crippen molar-refractivity contribution in [1.82, 2.24) is 14.9 Å². The lowest BCUT2D eigenvalue weighted by molar-refractivity contribution is 0.0953. The molecule has 0 aliphatic rings. The second kappa shape index (κ2) is 13.1. The molecule has 0 bridgehead atoms. The van der Waals surface area contributed by atoms with E-state index in [1.807, 2.05) is 61.5 Å². The summed E-state index contributed by atoms with van der Waals surface area (Å²) >= 11 is 6.10. The number of carbonyl (C=O) groups excluding carboxylic acids is 1. The first-order valence-corrected chi connectivity index (χ1v) is 13.2. The molecule has 1 amide bonds. The highest BCUT2D eigenvalue weighted by atomic mass is 35.5. The molecule has 3 aromatic carbocycles. The van der Waals surface area contributed by atoms with E-state index in [0.717, 1.165) is 72.7 Å². The van der Waals surface area contributed by atoms with Crippen molar-refractivity contribution in [2.24, 2.45) is 0 Å². The highest BCUT2D eigenvalue weighted by Crippen LogP contribution is 2.22. The van der Waals surface area contributed by atoms with Crippen molar-refractivity contribution in [3.8, 4) is 5.75 Å². The second-order valence-corrected chi connectivity index (χ2v) is 9.47. The van der Waals surface area contributed by atoms with Crippen LogP contribution in [0, 0.1) is 6.92 Å².